The normalized spacial score (nSPS) is 16.5. The number of piperidine rings is 1. The molecule has 1 aliphatic rings. The maximum Gasteiger partial charge on any atom is 0.320 e. The second kappa shape index (κ2) is 10.5. The van der Waals surface area contributed by atoms with Crippen LogP contribution in [0.3, 0.4) is 0 Å². The highest BCUT2D eigenvalue weighted by Crippen LogP contribution is 2.25. The van der Waals surface area contributed by atoms with E-state index in [-0.39, 0.29) is 28.2 Å². The van der Waals surface area contributed by atoms with Crippen molar-refractivity contribution in [1.82, 2.24) is 15.2 Å². The minimum atomic E-state index is -0.750. The van der Waals surface area contributed by atoms with Crippen molar-refractivity contribution in [2.45, 2.75) is 45.1 Å². The zero-order valence-electron chi connectivity index (χ0n) is 16.4. The van der Waals surface area contributed by atoms with E-state index in [0.717, 1.165) is 38.8 Å². The van der Waals surface area contributed by atoms with Crippen molar-refractivity contribution < 1.29 is 19.4 Å². The predicted molar refractivity (Wildman–Crippen MR) is 108 cm³/mol. The Morgan fingerprint density at radius 3 is 2.71 bits per heavy atom. The van der Waals surface area contributed by atoms with Crippen LogP contribution in [0.25, 0.3) is 0 Å². The molecule has 0 aliphatic carbocycles. The van der Waals surface area contributed by atoms with E-state index in [9.17, 15) is 14.7 Å². The van der Waals surface area contributed by atoms with Gasteiger partial charge in [0.1, 0.15) is 17.4 Å². The van der Waals surface area contributed by atoms with Crippen molar-refractivity contribution in [2.75, 3.05) is 32.5 Å². The number of halogens is 1. The summed E-state index contributed by atoms with van der Waals surface area (Å²) in [5.41, 5.74) is 5.88. The highest BCUT2D eigenvalue weighted by molar-refractivity contribution is 6.33. The van der Waals surface area contributed by atoms with Gasteiger partial charge in [-0.15, -0.1) is 0 Å². The van der Waals surface area contributed by atoms with E-state index in [1.165, 1.54) is 13.2 Å². The van der Waals surface area contributed by atoms with Gasteiger partial charge in [0.25, 0.3) is 5.91 Å². The maximum atomic E-state index is 12.5. The molecular weight excluding hydrogens is 384 g/mol. The number of ether oxygens (including phenoxy) is 1. The van der Waals surface area contributed by atoms with Crippen LogP contribution in [0.2, 0.25) is 5.02 Å². The number of nitrogens with zero attached hydrogens (tertiary/aromatic N) is 2. The van der Waals surface area contributed by atoms with Gasteiger partial charge in [-0.2, -0.15) is 4.98 Å². The third-order valence-electron chi connectivity index (χ3n) is 5.16. The summed E-state index contributed by atoms with van der Waals surface area (Å²) in [6.45, 7) is 4.01. The van der Waals surface area contributed by atoms with E-state index in [1.54, 1.807) is 0 Å². The Hall–Kier alpha value is -2.06. The molecule has 28 heavy (non-hydrogen) atoms. The van der Waals surface area contributed by atoms with Crippen LogP contribution in [0.5, 0.6) is 5.88 Å². The van der Waals surface area contributed by atoms with Crippen molar-refractivity contribution in [1.29, 1.82) is 0 Å². The number of hydrogen-bond donors (Lipinski definition) is 3. The number of carboxylic acids is 1. The first kappa shape index (κ1) is 22.2. The van der Waals surface area contributed by atoms with E-state index in [2.05, 4.69) is 17.2 Å². The molecule has 4 N–H and O–H groups in total. The molecule has 1 fully saturated rings. The number of carbonyl (C=O) groups excluding carboxylic acids is 1. The standard InChI is InChI=1S/C19H29ClN4O4/c1-3-4-5-15(19(26)27)24-8-6-12(7-9-24)11-22-17(25)13-10-14(20)16(21)23-18(13)28-2/h10,12,15H,3-9,11H2,1-2H3,(H2,21,23)(H,22,25)(H,26,27). The third kappa shape index (κ3) is 5.72. The summed E-state index contributed by atoms with van der Waals surface area (Å²) in [5, 5.41) is 12.6. The Morgan fingerprint density at radius 2 is 2.14 bits per heavy atom. The van der Waals surface area contributed by atoms with E-state index >= 15 is 0 Å². The molecule has 2 rings (SSSR count). The fraction of sp³-hybridized carbons (Fsp3) is 0.632. The van der Waals surface area contributed by atoms with E-state index in [4.69, 9.17) is 22.1 Å². The number of likely N-dealkylation sites (tertiary alicyclic amines) is 1. The third-order valence-corrected chi connectivity index (χ3v) is 5.47. The van der Waals surface area contributed by atoms with Gasteiger partial charge < -0.3 is 20.9 Å². The SMILES string of the molecule is CCCCC(C(=O)O)N1CCC(CNC(=O)c2cc(Cl)c(N)nc2OC)CC1. The quantitative estimate of drug-likeness (QED) is 0.569. The number of anilines is 1. The molecule has 8 nitrogen and oxygen atoms in total. The molecule has 1 amide bonds. The summed E-state index contributed by atoms with van der Waals surface area (Å²) in [4.78, 5) is 30.0. The van der Waals surface area contributed by atoms with Crippen LogP contribution in [0, 0.1) is 5.92 Å². The molecule has 9 heteroatoms. The number of methoxy groups -OCH3 is 1. The van der Waals surface area contributed by atoms with Crippen LogP contribution < -0.4 is 15.8 Å². The number of hydrogen-bond acceptors (Lipinski definition) is 6. The number of amides is 1. The van der Waals surface area contributed by atoms with Gasteiger partial charge >= 0.3 is 5.97 Å². The summed E-state index contributed by atoms with van der Waals surface area (Å²) in [7, 11) is 1.42. The largest absolute Gasteiger partial charge is 0.480 e. The molecule has 2 heterocycles. The first-order valence-corrected chi connectivity index (χ1v) is 10.00. The number of nitrogen functional groups attached to an aromatic ring is 1. The van der Waals surface area contributed by atoms with Crippen LogP contribution in [0.15, 0.2) is 6.07 Å². The minimum absolute atomic E-state index is 0.110. The lowest BCUT2D eigenvalue weighted by Gasteiger charge is -2.35. The number of nitrogens with one attached hydrogen (secondary N) is 1. The Morgan fingerprint density at radius 1 is 1.46 bits per heavy atom. The van der Waals surface area contributed by atoms with Gasteiger partial charge in [0.2, 0.25) is 5.88 Å². The number of aliphatic carboxylic acids is 1. The molecule has 0 aromatic carbocycles. The lowest BCUT2D eigenvalue weighted by molar-refractivity contribution is -0.144. The molecule has 0 spiro atoms. The van der Waals surface area contributed by atoms with Gasteiger partial charge in [0, 0.05) is 6.54 Å². The highest BCUT2D eigenvalue weighted by atomic mass is 35.5. The number of carboxylic acid groups (broad SMARTS) is 1. The van der Waals surface area contributed by atoms with Crippen molar-refractivity contribution >= 4 is 29.3 Å². The summed E-state index contributed by atoms with van der Waals surface area (Å²) in [5.74, 6) is -0.531. The second-order valence-electron chi connectivity index (χ2n) is 7.10. The van der Waals surface area contributed by atoms with Crippen molar-refractivity contribution in [3.05, 3.63) is 16.7 Å². The smallest absolute Gasteiger partial charge is 0.320 e. The van der Waals surface area contributed by atoms with Crippen LogP contribution in [0.4, 0.5) is 5.82 Å². The van der Waals surface area contributed by atoms with Gasteiger partial charge in [-0.25, -0.2) is 0 Å². The Kier molecular flexibility index (Phi) is 8.32. The summed E-state index contributed by atoms with van der Waals surface area (Å²) >= 11 is 5.97. The summed E-state index contributed by atoms with van der Waals surface area (Å²) in [6.07, 6.45) is 4.26. The minimum Gasteiger partial charge on any atom is -0.480 e. The van der Waals surface area contributed by atoms with Gasteiger partial charge in [-0.3, -0.25) is 14.5 Å². The van der Waals surface area contributed by atoms with E-state index in [1.807, 2.05) is 4.90 Å². The van der Waals surface area contributed by atoms with Crippen molar-refractivity contribution in [3.63, 3.8) is 0 Å². The van der Waals surface area contributed by atoms with Crippen LogP contribution >= 0.6 is 11.6 Å². The fourth-order valence-electron chi connectivity index (χ4n) is 3.46. The molecule has 1 aromatic heterocycles. The van der Waals surface area contributed by atoms with Crippen LogP contribution in [0.1, 0.15) is 49.4 Å². The molecule has 156 valence electrons. The maximum absolute atomic E-state index is 12.5. The van der Waals surface area contributed by atoms with Gasteiger partial charge in [0.15, 0.2) is 0 Å². The number of aromatic nitrogens is 1. The lowest BCUT2D eigenvalue weighted by atomic mass is 9.94. The van der Waals surface area contributed by atoms with Crippen molar-refractivity contribution in [3.8, 4) is 5.88 Å². The predicted octanol–water partition coefficient (Wildman–Crippen LogP) is 2.41. The number of carbonyl (C=O) groups is 2. The van der Waals surface area contributed by atoms with Gasteiger partial charge in [0.05, 0.1) is 12.1 Å². The molecule has 0 radical (unpaired) electrons. The molecule has 0 bridgehead atoms. The highest BCUT2D eigenvalue weighted by Gasteiger charge is 2.29. The van der Waals surface area contributed by atoms with Gasteiger partial charge in [-0.05, 0) is 44.3 Å². The molecule has 1 aliphatic heterocycles. The average Bonchev–Trinajstić information content (AvgIpc) is 2.68. The lowest BCUT2D eigenvalue weighted by Crippen LogP contribution is -2.47. The summed E-state index contributed by atoms with van der Waals surface area (Å²) in [6, 6.07) is 1.04. The monoisotopic (exact) mass is 412 g/mol. The molecule has 1 unspecified atom stereocenters. The Labute approximate surface area is 170 Å². The molecule has 1 atom stereocenters. The Bertz CT molecular complexity index is 693. The van der Waals surface area contributed by atoms with E-state index < -0.39 is 12.0 Å². The molecule has 1 aromatic rings. The van der Waals surface area contributed by atoms with Crippen molar-refractivity contribution in [2.24, 2.45) is 5.92 Å². The number of rotatable bonds is 9. The zero-order valence-corrected chi connectivity index (χ0v) is 17.2. The molecule has 0 saturated carbocycles. The number of unbranched alkanes of at least 4 members (excludes halogenated alkanes) is 1. The van der Waals surface area contributed by atoms with E-state index in [0.29, 0.717) is 18.9 Å². The topological polar surface area (TPSA) is 118 Å². The second-order valence-corrected chi connectivity index (χ2v) is 7.51. The Balaban J connectivity index is 1.88. The van der Waals surface area contributed by atoms with Crippen LogP contribution in [-0.4, -0.2) is 59.7 Å². The van der Waals surface area contributed by atoms with Gasteiger partial charge in [-0.1, -0.05) is 31.4 Å². The first-order valence-electron chi connectivity index (χ1n) is 9.62. The fourth-order valence-corrected chi connectivity index (χ4v) is 3.62. The first-order chi connectivity index (χ1) is 13.4. The summed E-state index contributed by atoms with van der Waals surface area (Å²) < 4.78 is 5.12. The number of nitrogens with two attached hydrogens (primary N) is 1. The molecular formula is C19H29ClN4O4. The van der Waals surface area contributed by atoms with Crippen LogP contribution in [-0.2, 0) is 4.79 Å². The average molecular weight is 413 g/mol. The number of pyridine rings is 1. The zero-order chi connectivity index (χ0) is 20.7. The molecule has 1 saturated heterocycles.